The van der Waals surface area contributed by atoms with Crippen LogP contribution in [-0.2, 0) is 16.6 Å². The number of H-pyrrole nitrogens is 1. The molecule has 0 aliphatic rings. The highest BCUT2D eigenvalue weighted by Crippen LogP contribution is 2.31. The molecule has 7 nitrogen and oxygen atoms in total. The number of nitrogens with zero attached hydrogens (tertiary/aromatic N) is 2. The van der Waals surface area contributed by atoms with Crippen LogP contribution in [0.15, 0.2) is 35.1 Å². The van der Waals surface area contributed by atoms with Gasteiger partial charge >= 0.3 is 0 Å². The molecule has 0 bridgehead atoms. The largest absolute Gasteiger partial charge is 0.334 e. The smallest absolute Gasteiger partial charge is 0.280 e. The van der Waals surface area contributed by atoms with Crippen LogP contribution in [0.4, 0.5) is 5.13 Å². The SMILES string of the molecule is NCc1ccc(-c2csc(NS(=O)(=O)c3cnc[nH]3)n2)s1. The molecule has 21 heavy (non-hydrogen) atoms. The summed E-state index contributed by atoms with van der Waals surface area (Å²) in [5, 5.41) is 2.11. The minimum Gasteiger partial charge on any atom is -0.334 e. The zero-order valence-electron chi connectivity index (χ0n) is 10.6. The molecule has 3 rings (SSSR count). The van der Waals surface area contributed by atoms with Crippen LogP contribution in [0.25, 0.3) is 10.6 Å². The van der Waals surface area contributed by atoms with Crippen LogP contribution < -0.4 is 10.5 Å². The maximum absolute atomic E-state index is 12.0. The van der Waals surface area contributed by atoms with Crippen LogP contribution in [0.1, 0.15) is 4.88 Å². The van der Waals surface area contributed by atoms with Crippen molar-refractivity contribution < 1.29 is 8.42 Å². The standard InChI is InChI=1S/C11H11N5O2S3/c12-3-7-1-2-9(20-7)8-5-19-11(15-8)16-21(17,18)10-4-13-6-14-10/h1-2,4-6H,3,12H2,(H,13,14)(H,15,16). The van der Waals surface area contributed by atoms with E-state index in [4.69, 9.17) is 5.73 Å². The Balaban J connectivity index is 1.82. The van der Waals surface area contributed by atoms with E-state index in [0.29, 0.717) is 11.7 Å². The highest BCUT2D eigenvalue weighted by atomic mass is 32.2. The van der Waals surface area contributed by atoms with Gasteiger partial charge in [-0.05, 0) is 12.1 Å². The zero-order valence-corrected chi connectivity index (χ0v) is 13.1. The molecule has 4 N–H and O–H groups in total. The third-order valence-electron chi connectivity index (χ3n) is 2.60. The van der Waals surface area contributed by atoms with E-state index in [9.17, 15) is 8.42 Å². The molecule has 0 atom stereocenters. The second kappa shape index (κ2) is 5.56. The summed E-state index contributed by atoms with van der Waals surface area (Å²) in [7, 11) is -3.68. The van der Waals surface area contributed by atoms with Crippen molar-refractivity contribution in [2.45, 2.75) is 11.6 Å². The molecule has 0 spiro atoms. The minimum atomic E-state index is -3.68. The Hall–Kier alpha value is -1.75. The Morgan fingerprint density at radius 2 is 2.24 bits per heavy atom. The van der Waals surface area contributed by atoms with Gasteiger partial charge in [-0.3, -0.25) is 4.72 Å². The van der Waals surface area contributed by atoms with Gasteiger partial charge in [0.25, 0.3) is 10.0 Å². The van der Waals surface area contributed by atoms with Gasteiger partial charge < -0.3 is 10.7 Å². The summed E-state index contributed by atoms with van der Waals surface area (Å²) in [5.74, 6) is 0. The lowest BCUT2D eigenvalue weighted by molar-refractivity contribution is 0.598. The molecule has 3 heterocycles. The van der Waals surface area contributed by atoms with Crippen molar-refractivity contribution in [2.24, 2.45) is 5.73 Å². The third kappa shape index (κ3) is 2.97. The average molecular weight is 341 g/mol. The molecule has 0 aliphatic carbocycles. The van der Waals surface area contributed by atoms with E-state index in [0.717, 1.165) is 15.4 Å². The average Bonchev–Trinajstić information content (AvgIpc) is 3.19. The normalized spacial score (nSPS) is 11.7. The number of thiazole rings is 1. The molecule has 0 unspecified atom stereocenters. The van der Waals surface area contributed by atoms with Crippen molar-refractivity contribution in [1.82, 2.24) is 15.0 Å². The summed E-state index contributed by atoms with van der Waals surface area (Å²) in [6.07, 6.45) is 2.55. The maximum atomic E-state index is 12.0. The first-order valence-electron chi connectivity index (χ1n) is 5.84. The number of anilines is 1. The molecule has 0 amide bonds. The highest BCUT2D eigenvalue weighted by Gasteiger charge is 2.18. The maximum Gasteiger partial charge on any atom is 0.280 e. The van der Waals surface area contributed by atoms with Crippen LogP contribution in [0, 0.1) is 0 Å². The predicted molar refractivity (Wildman–Crippen MR) is 82.7 cm³/mol. The topological polar surface area (TPSA) is 114 Å². The monoisotopic (exact) mass is 341 g/mol. The lowest BCUT2D eigenvalue weighted by atomic mass is 10.4. The summed E-state index contributed by atoms with van der Waals surface area (Å²) < 4.78 is 26.5. The molecule has 0 saturated carbocycles. The fraction of sp³-hybridized carbons (Fsp3) is 0.0909. The Labute approximate surface area is 128 Å². The van der Waals surface area contributed by atoms with Gasteiger partial charge in [-0.2, -0.15) is 8.42 Å². The Morgan fingerprint density at radius 1 is 1.38 bits per heavy atom. The van der Waals surface area contributed by atoms with Gasteiger partial charge in [0.1, 0.15) is 0 Å². The first-order valence-corrected chi connectivity index (χ1v) is 9.02. The Kier molecular flexibility index (Phi) is 3.76. The quantitative estimate of drug-likeness (QED) is 0.655. The van der Waals surface area contributed by atoms with Crippen molar-refractivity contribution in [2.75, 3.05) is 4.72 Å². The number of hydrogen-bond acceptors (Lipinski definition) is 7. The van der Waals surface area contributed by atoms with Crippen molar-refractivity contribution in [3.8, 4) is 10.6 Å². The van der Waals surface area contributed by atoms with Gasteiger partial charge in [0.2, 0.25) is 0 Å². The summed E-state index contributed by atoms with van der Waals surface area (Å²) in [6, 6.07) is 3.86. The number of rotatable bonds is 5. The van der Waals surface area contributed by atoms with Crippen LogP contribution in [0.5, 0.6) is 0 Å². The number of sulfonamides is 1. The van der Waals surface area contributed by atoms with Crippen molar-refractivity contribution in [1.29, 1.82) is 0 Å². The van der Waals surface area contributed by atoms with E-state index in [1.165, 1.54) is 23.9 Å². The second-order valence-corrected chi connectivity index (χ2v) is 7.71. The van der Waals surface area contributed by atoms with Crippen molar-refractivity contribution >= 4 is 37.8 Å². The van der Waals surface area contributed by atoms with Gasteiger partial charge in [0.05, 0.1) is 23.1 Å². The van der Waals surface area contributed by atoms with Gasteiger partial charge in [-0.1, -0.05) is 0 Å². The number of aromatic amines is 1. The van der Waals surface area contributed by atoms with E-state index >= 15 is 0 Å². The van der Waals surface area contributed by atoms with Gasteiger partial charge in [-0.25, -0.2) is 9.97 Å². The molecule has 10 heteroatoms. The number of nitrogens with one attached hydrogen (secondary N) is 2. The number of aromatic nitrogens is 3. The van der Waals surface area contributed by atoms with Gasteiger partial charge in [0, 0.05) is 16.8 Å². The third-order valence-corrected chi connectivity index (χ3v) is 5.89. The zero-order chi connectivity index (χ0) is 14.9. The minimum absolute atomic E-state index is 0.000733. The predicted octanol–water partition coefficient (Wildman–Crippen LogP) is 1.85. The van der Waals surface area contributed by atoms with Crippen LogP contribution >= 0.6 is 22.7 Å². The molecular formula is C11H11N5O2S3. The second-order valence-electron chi connectivity index (χ2n) is 4.03. The molecule has 0 saturated heterocycles. The molecule has 0 fully saturated rings. The summed E-state index contributed by atoms with van der Waals surface area (Å²) in [5.41, 5.74) is 6.30. The molecule has 110 valence electrons. The fourth-order valence-electron chi connectivity index (χ4n) is 1.62. The molecule has 3 aromatic rings. The molecule has 3 aromatic heterocycles. The van der Waals surface area contributed by atoms with Crippen LogP contribution in [0.2, 0.25) is 0 Å². The van der Waals surface area contributed by atoms with Crippen molar-refractivity contribution in [3.05, 3.63) is 34.9 Å². The summed E-state index contributed by atoms with van der Waals surface area (Å²) in [4.78, 5) is 12.5. The number of hydrogen-bond donors (Lipinski definition) is 3. The van der Waals surface area contributed by atoms with Crippen LogP contribution in [0.3, 0.4) is 0 Å². The first-order chi connectivity index (χ1) is 10.1. The Morgan fingerprint density at radius 3 is 2.90 bits per heavy atom. The van der Waals surface area contributed by atoms with Gasteiger partial charge in [-0.15, -0.1) is 22.7 Å². The van der Waals surface area contributed by atoms with E-state index in [-0.39, 0.29) is 5.03 Å². The van der Waals surface area contributed by atoms with E-state index in [1.54, 1.807) is 16.7 Å². The molecule has 0 aromatic carbocycles. The number of nitrogens with two attached hydrogens (primary N) is 1. The number of thiophene rings is 1. The molecule has 0 radical (unpaired) electrons. The first kappa shape index (κ1) is 14.2. The summed E-state index contributed by atoms with van der Waals surface area (Å²) >= 11 is 2.77. The van der Waals surface area contributed by atoms with Gasteiger partial charge in [0.15, 0.2) is 10.2 Å². The summed E-state index contributed by atoms with van der Waals surface area (Å²) in [6.45, 7) is 0.480. The Bertz CT molecular complexity index is 835. The number of imidazole rings is 1. The lowest BCUT2D eigenvalue weighted by Gasteiger charge is -2.01. The lowest BCUT2D eigenvalue weighted by Crippen LogP contribution is -2.13. The fourth-order valence-corrected chi connectivity index (χ4v) is 4.41. The molecule has 0 aliphatic heterocycles. The van der Waals surface area contributed by atoms with Crippen molar-refractivity contribution in [3.63, 3.8) is 0 Å². The molecular weight excluding hydrogens is 330 g/mol. The van der Waals surface area contributed by atoms with E-state index in [1.807, 2.05) is 12.1 Å². The van der Waals surface area contributed by atoms with E-state index in [2.05, 4.69) is 19.7 Å². The van der Waals surface area contributed by atoms with E-state index < -0.39 is 10.0 Å². The van der Waals surface area contributed by atoms with Crippen LogP contribution in [-0.4, -0.2) is 23.4 Å². The highest BCUT2D eigenvalue weighted by molar-refractivity contribution is 7.92.